The Morgan fingerprint density at radius 2 is 1.92 bits per heavy atom. The molecule has 1 saturated heterocycles. The third-order valence-electron chi connectivity index (χ3n) is 4.08. The van der Waals surface area contributed by atoms with E-state index < -0.39 is 0 Å². The zero-order valence-electron chi connectivity index (χ0n) is 14.3. The molecule has 1 aliphatic rings. The van der Waals surface area contributed by atoms with Gasteiger partial charge < -0.3 is 16.0 Å². The summed E-state index contributed by atoms with van der Waals surface area (Å²) in [5.74, 6) is -0.408. The van der Waals surface area contributed by atoms with Crippen LogP contribution < -0.4 is 16.0 Å². The number of rotatable bonds is 6. The highest BCUT2D eigenvalue weighted by atomic mass is 16.2. The highest BCUT2D eigenvalue weighted by Crippen LogP contribution is 2.13. The molecule has 0 bridgehead atoms. The van der Waals surface area contributed by atoms with Gasteiger partial charge in [0.25, 0.3) is 5.91 Å². The van der Waals surface area contributed by atoms with E-state index in [2.05, 4.69) is 16.0 Å². The van der Waals surface area contributed by atoms with Crippen molar-refractivity contribution in [3.8, 4) is 0 Å². The van der Waals surface area contributed by atoms with Gasteiger partial charge in [-0.2, -0.15) is 0 Å². The Hall–Kier alpha value is -2.57. The van der Waals surface area contributed by atoms with E-state index in [0.29, 0.717) is 24.3 Å². The van der Waals surface area contributed by atoms with Gasteiger partial charge in [-0.1, -0.05) is 6.92 Å². The number of hydrogen-bond acceptors (Lipinski definition) is 4. The monoisotopic (exact) mass is 332 g/mol. The van der Waals surface area contributed by atoms with Crippen molar-refractivity contribution in [3.05, 3.63) is 29.8 Å². The van der Waals surface area contributed by atoms with Gasteiger partial charge in [-0.25, -0.2) is 4.79 Å². The van der Waals surface area contributed by atoms with E-state index in [-0.39, 0.29) is 29.9 Å². The molecule has 7 heteroatoms. The number of amides is 4. The van der Waals surface area contributed by atoms with Gasteiger partial charge in [0.15, 0.2) is 0 Å². The molecule has 0 saturated carbocycles. The van der Waals surface area contributed by atoms with Gasteiger partial charge in [-0.15, -0.1) is 0 Å². The predicted octanol–water partition coefficient (Wildman–Crippen LogP) is 1.57. The predicted molar refractivity (Wildman–Crippen MR) is 91.9 cm³/mol. The fourth-order valence-corrected chi connectivity index (χ4v) is 2.19. The summed E-state index contributed by atoms with van der Waals surface area (Å²) >= 11 is 0. The molecule has 0 aliphatic carbocycles. The molecule has 1 fully saturated rings. The first-order chi connectivity index (χ1) is 11.3. The first-order valence-electron chi connectivity index (χ1n) is 8.07. The summed E-state index contributed by atoms with van der Waals surface area (Å²) in [5, 5.41) is 8.52. The number of anilines is 1. The average molecular weight is 332 g/mol. The molecule has 0 radical (unpaired) electrons. The Morgan fingerprint density at radius 1 is 1.25 bits per heavy atom. The van der Waals surface area contributed by atoms with Gasteiger partial charge in [-0.3, -0.25) is 14.5 Å². The molecule has 4 amide bonds. The lowest BCUT2D eigenvalue weighted by Gasteiger charge is -2.24. The van der Waals surface area contributed by atoms with E-state index in [1.54, 1.807) is 24.3 Å². The maximum absolute atomic E-state index is 12.2. The number of imide groups is 1. The van der Waals surface area contributed by atoms with Crippen LogP contribution in [-0.4, -0.2) is 47.9 Å². The average Bonchev–Trinajstić information content (AvgIpc) is 2.99. The molecule has 1 aliphatic heterocycles. The number of urea groups is 1. The van der Waals surface area contributed by atoms with Crippen molar-refractivity contribution in [2.24, 2.45) is 0 Å². The normalized spacial score (nSPS) is 14.3. The number of benzene rings is 1. The van der Waals surface area contributed by atoms with Gasteiger partial charge in [-0.05, 0) is 44.5 Å². The molecule has 2 rings (SSSR count). The lowest BCUT2D eigenvalue weighted by atomic mass is 10.0. The van der Waals surface area contributed by atoms with Crippen molar-refractivity contribution < 1.29 is 14.4 Å². The van der Waals surface area contributed by atoms with Gasteiger partial charge in [0.1, 0.15) is 0 Å². The summed E-state index contributed by atoms with van der Waals surface area (Å²) in [6.45, 7) is 6.88. The van der Waals surface area contributed by atoms with E-state index in [4.69, 9.17) is 0 Å². The van der Waals surface area contributed by atoms with Gasteiger partial charge in [0.2, 0.25) is 5.91 Å². The lowest BCUT2D eigenvalue weighted by Crippen LogP contribution is -2.42. The van der Waals surface area contributed by atoms with Crippen molar-refractivity contribution >= 4 is 23.5 Å². The SMILES string of the molecule is CCC(C)(C)NC(=O)c1ccc(NCC(=O)N2CCNC2=O)cc1. The molecule has 0 spiro atoms. The second-order valence-electron chi connectivity index (χ2n) is 6.40. The molecule has 1 aromatic rings. The minimum Gasteiger partial charge on any atom is -0.376 e. The number of hydrogen-bond donors (Lipinski definition) is 3. The first-order valence-corrected chi connectivity index (χ1v) is 8.07. The topological polar surface area (TPSA) is 90.5 Å². The van der Waals surface area contributed by atoms with E-state index in [1.165, 1.54) is 4.90 Å². The highest BCUT2D eigenvalue weighted by molar-refractivity contribution is 5.98. The Kier molecular flexibility index (Phi) is 5.43. The Bertz CT molecular complexity index is 625. The van der Waals surface area contributed by atoms with Crippen LogP contribution in [0.2, 0.25) is 0 Å². The maximum atomic E-state index is 12.2. The van der Waals surface area contributed by atoms with Crippen LogP contribution in [0.4, 0.5) is 10.5 Å². The third kappa shape index (κ3) is 4.47. The zero-order chi connectivity index (χ0) is 17.7. The number of carbonyl (C=O) groups excluding carboxylic acids is 3. The van der Waals surface area contributed by atoms with E-state index in [9.17, 15) is 14.4 Å². The summed E-state index contributed by atoms with van der Waals surface area (Å²) in [4.78, 5) is 36.7. The van der Waals surface area contributed by atoms with Crippen molar-refractivity contribution in [2.75, 3.05) is 25.0 Å². The Labute approximate surface area is 141 Å². The summed E-state index contributed by atoms with van der Waals surface area (Å²) in [5.41, 5.74) is 1.03. The summed E-state index contributed by atoms with van der Waals surface area (Å²) < 4.78 is 0. The second-order valence-corrected chi connectivity index (χ2v) is 6.40. The smallest absolute Gasteiger partial charge is 0.324 e. The van der Waals surface area contributed by atoms with Crippen LogP contribution in [0.25, 0.3) is 0 Å². The zero-order valence-corrected chi connectivity index (χ0v) is 14.3. The minimum absolute atomic E-state index is 0.0296. The van der Waals surface area contributed by atoms with E-state index >= 15 is 0 Å². The van der Waals surface area contributed by atoms with E-state index in [0.717, 1.165) is 6.42 Å². The quantitative estimate of drug-likeness (QED) is 0.737. The van der Waals surface area contributed by atoms with Crippen LogP contribution in [-0.2, 0) is 4.79 Å². The number of nitrogens with zero attached hydrogens (tertiary/aromatic N) is 1. The van der Waals surface area contributed by atoms with Crippen LogP contribution in [0.5, 0.6) is 0 Å². The molecule has 130 valence electrons. The summed E-state index contributed by atoms with van der Waals surface area (Å²) in [6, 6.07) is 6.54. The number of carbonyl (C=O) groups is 3. The van der Waals surface area contributed by atoms with Gasteiger partial charge >= 0.3 is 6.03 Å². The Balaban J connectivity index is 1.89. The van der Waals surface area contributed by atoms with Crippen molar-refractivity contribution in [2.45, 2.75) is 32.7 Å². The first kappa shape index (κ1) is 17.8. The molecule has 24 heavy (non-hydrogen) atoms. The Morgan fingerprint density at radius 3 is 2.46 bits per heavy atom. The van der Waals surface area contributed by atoms with Crippen LogP contribution >= 0.6 is 0 Å². The molecule has 1 aromatic carbocycles. The standard InChI is InChI=1S/C17H24N4O3/c1-4-17(2,3)20-15(23)12-5-7-13(8-6-12)19-11-14(22)21-10-9-18-16(21)24/h5-8,19H,4,9-11H2,1-3H3,(H,18,24)(H,20,23). The molecule has 0 aromatic heterocycles. The van der Waals surface area contributed by atoms with Crippen molar-refractivity contribution in [3.63, 3.8) is 0 Å². The molecule has 3 N–H and O–H groups in total. The molecule has 0 unspecified atom stereocenters. The number of nitrogens with one attached hydrogen (secondary N) is 3. The summed E-state index contributed by atoms with van der Waals surface area (Å²) in [7, 11) is 0. The fraction of sp³-hybridized carbons (Fsp3) is 0.471. The molecular formula is C17H24N4O3. The molecular weight excluding hydrogens is 308 g/mol. The molecule has 7 nitrogen and oxygen atoms in total. The largest absolute Gasteiger partial charge is 0.376 e. The van der Waals surface area contributed by atoms with Crippen LogP contribution in [0.3, 0.4) is 0 Å². The lowest BCUT2D eigenvalue weighted by molar-refractivity contribution is -0.125. The molecule has 0 atom stereocenters. The fourth-order valence-electron chi connectivity index (χ4n) is 2.19. The highest BCUT2D eigenvalue weighted by Gasteiger charge is 2.25. The van der Waals surface area contributed by atoms with Crippen LogP contribution in [0.15, 0.2) is 24.3 Å². The van der Waals surface area contributed by atoms with E-state index in [1.807, 2.05) is 20.8 Å². The van der Waals surface area contributed by atoms with Crippen molar-refractivity contribution in [1.82, 2.24) is 15.5 Å². The summed E-state index contributed by atoms with van der Waals surface area (Å²) in [6.07, 6.45) is 0.838. The van der Waals surface area contributed by atoms with Crippen molar-refractivity contribution in [1.29, 1.82) is 0 Å². The van der Waals surface area contributed by atoms with Crippen LogP contribution in [0, 0.1) is 0 Å². The maximum Gasteiger partial charge on any atom is 0.324 e. The third-order valence-corrected chi connectivity index (χ3v) is 4.08. The van der Waals surface area contributed by atoms with Crippen LogP contribution in [0.1, 0.15) is 37.6 Å². The molecule has 1 heterocycles. The van der Waals surface area contributed by atoms with Gasteiger partial charge in [0.05, 0.1) is 6.54 Å². The second kappa shape index (κ2) is 7.33. The van der Waals surface area contributed by atoms with Gasteiger partial charge in [0, 0.05) is 29.9 Å². The minimum atomic E-state index is -0.354.